The molecule has 4 aromatic rings. The van der Waals surface area contributed by atoms with Crippen molar-refractivity contribution in [1.29, 1.82) is 0 Å². The standard InChI is InChI=1S/C24H21N3O4S2/c28-23(18-7-9-21(10-8-18)33(29,30)27-11-13-31-14-12-27)26-24-25-22(16-32-24)20-6-5-17-3-1-2-4-19(17)15-20/h1-10,15-16H,11-14H2,(H,25,26,28). The lowest BCUT2D eigenvalue weighted by molar-refractivity contribution is 0.0730. The van der Waals surface area contributed by atoms with Crippen LogP contribution in [0.2, 0.25) is 0 Å². The van der Waals surface area contributed by atoms with Crippen molar-refractivity contribution in [2.75, 3.05) is 31.6 Å². The van der Waals surface area contributed by atoms with Gasteiger partial charge in [-0.15, -0.1) is 11.3 Å². The van der Waals surface area contributed by atoms with Gasteiger partial charge in [-0.1, -0.05) is 36.4 Å². The summed E-state index contributed by atoms with van der Waals surface area (Å²) in [7, 11) is -3.60. The lowest BCUT2D eigenvalue weighted by Gasteiger charge is -2.26. The Morgan fingerprint density at radius 1 is 0.970 bits per heavy atom. The zero-order valence-corrected chi connectivity index (χ0v) is 19.2. The minimum atomic E-state index is -3.60. The first-order valence-corrected chi connectivity index (χ1v) is 12.8. The van der Waals surface area contributed by atoms with E-state index in [1.807, 2.05) is 23.6 Å². The summed E-state index contributed by atoms with van der Waals surface area (Å²) in [6, 6.07) is 20.2. The minimum absolute atomic E-state index is 0.161. The highest BCUT2D eigenvalue weighted by atomic mass is 32.2. The van der Waals surface area contributed by atoms with Gasteiger partial charge < -0.3 is 4.74 Å². The topological polar surface area (TPSA) is 88.6 Å². The number of amides is 1. The highest BCUT2D eigenvalue weighted by Crippen LogP contribution is 2.28. The maximum atomic E-state index is 12.7. The zero-order chi connectivity index (χ0) is 22.8. The van der Waals surface area contributed by atoms with E-state index >= 15 is 0 Å². The van der Waals surface area contributed by atoms with E-state index in [2.05, 4.69) is 34.6 Å². The predicted octanol–water partition coefficient (Wildman–Crippen LogP) is 4.24. The number of benzene rings is 3. The number of carbonyl (C=O) groups is 1. The average Bonchev–Trinajstić information content (AvgIpc) is 3.33. The van der Waals surface area contributed by atoms with Crippen LogP contribution in [0.3, 0.4) is 0 Å². The molecule has 1 aliphatic rings. The number of ether oxygens (including phenoxy) is 1. The zero-order valence-electron chi connectivity index (χ0n) is 17.6. The molecule has 168 valence electrons. The maximum Gasteiger partial charge on any atom is 0.257 e. The Balaban J connectivity index is 1.29. The molecular formula is C24H21N3O4S2. The molecule has 33 heavy (non-hydrogen) atoms. The van der Waals surface area contributed by atoms with Gasteiger partial charge in [-0.05, 0) is 41.1 Å². The Bertz CT molecular complexity index is 1410. The van der Waals surface area contributed by atoms with Gasteiger partial charge in [0.25, 0.3) is 5.91 Å². The summed E-state index contributed by atoms with van der Waals surface area (Å²) in [5.41, 5.74) is 2.12. The van der Waals surface area contributed by atoms with E-state index in [1.54, 1.807) is 0 Å². The van der Waals surface area contributed by atoms with Gasteiger partial charge in [-0.2, -0.15) is 4.31 Å². The summed E-state index contributed by atoms with van der Waals surface area (Å²) in [6.07, 6.45) is 0. The Kier molecular flexibility index (Phi) is 5.94. The number of thiazole rings is 1. The smallest absolute Gasteiger partial charge is 0.257 e. The van der Waals surface area contributed by atoms with Crippen LogP contribution < -0.4 is 5.32 Å². The summed E-state index contributed by atoms with van der Waals surface area (Å²) < 4.78 is 32.1. The van der Waals surface area contributed by atoms with Crippen LogP contribution >= 0.6 is 11.3 Å². The molecule has 7 nitrogen and oxygen atoms in total. The Morgan fingerprint density at radius 3 is 2.45 bits per heavy atom. The first-order chi connectivity index (χ1) is 16.0. The van der Waals surface area contributed by atoms with Crippen molar-refractivity contribution in [3.63, 3.8) is 0 Å². The van der Waals surface area contributed by atoms with Gasteiger partial charge in [0.1, 0.15) is 0 Å². The molecule has 2 heterocycles. The lowest BCUT2D eigenvalue weighted by Crippen LogP contribution is -2.40. The number of nitrogens with one attached hydrogen (secondary N) is 1. The average molecular weight is 480 g/mol. The summed E-state index contributed by atoms with van der Waals surface area (Å²) in [5.74, 6) is -0.343. The highest BCUT2D eigenvalue weighted by Gasteiger charge is 2.26. The van der Waals surface area contributed by atoms with Gasteiger partial charge >= 0.3 is 0 Å². The van der Waals surface area contributed by atoms with Crippen molar-refractivity contribution >= 4 is 43.2 Å². The van der Waals surface area contributed by atoms with Crippen LogP contribution in [-0.4, -0.2) is 49.9 Å². The number of fused-ring (bicyclic) bond motifs is 1. The van der Waals surface area contributed by atoms with Crippen LogP contribution in [-0.2, 0) is 14.8 Å². The van der Waals surface area contributed by atoms with Crippen LogP contribution in [0.25, 0.3) is 22.0 Å². The van der Waals surface area contributed by atoms with Gasteiger partial charge in [-0.25, -0.2) is 13.4 Å². The highest BCUT2D eigenvalue weighted by molar-refractivity contribution is 7.89. The van der Waals surface area contributed by atoms with Gasteiger partial charge in [-0.3, -0.25) is 10.1 Å². The van der Waals surface area contributed by atoms with Gasteiger partial charge in [0, 0.05) is 29.6 Å². The molecule has 1 saturated heterocycles. The molecule has 0 saturated carbocycles. The van der Waals surface area contributed by atoms with Crippen LogP contribution in [0.15, 0.2) is 77.0 Å². The molecule has 0 radical (unpaired) electrons. The number of nitrogens with zero attached hydrogens (tertiary/aromatic N) is 2. The minimum Gasteiger partial charge on any atom is -0.379 e. The van der Waals surface area contributed by atoms with Crippen molar-refractivity contribution in [3.05, 3.63) is 77.7 Å². The third-order valence-corrected chi connectivity index (χ3v) is 8.16. The number of anilines is 1. The van der Waals surface area contributed by atoms with Crippen molar-refractivity contribution in [3.8, 4) is 11.3 Å². The number of hydrogen-bond donors (Lipinski definition) is 1. The molecule has 1 aromatic heterocycles. The van der Waals surface area contributed by atoms with Crippen molar-refractivity contribution in [2.45, 2.75) is 4.90 Å². The number of rotatable bonds is 5. The fourth-order valence-electron chi connectivity index (χ4n) is 3.70. The molecule has 9 heteroatoms. The summed E-state index contributed by atoms with van der Waals surface area (Å²) in [6.45, 7) is 1.42. The number of aromatic nitrogens is 1. The number of carbonyl (C=O) groups excluding carboxylic acids is 1. The van der Waals surface area contributed by atoms with Gasteiger partial charge in [0.2, 0.25) is 10.0 Å². The normalized spacial score (nSPS) is 14.9. The molecule has 0 bridgehead atoms. The summed E-state index contributed by atoms with van der Waals surface area (Å²) in [4.78, 5) is 17.4. The van der Waals surface area contributed by atoms with E-state index in [0.29, 0.717) is 37.0 Å². The van der Waals surface area contributed by atoms with E-state index in [0.717, 1.165) is 22.0 Å². The van der Waals surface area contributed by atoms with E-state index in [1.165, 1.54) is 39.9 Å². The quantitative estimate of drug-likeness (QED) is 0.463. The molecule has 3 aromatic carbocycles. The van der Waals surface area contributed by atoms with Crippen LogP contribution in [0.4, 0.5) is 5.13 Å². The Hall–Kier alpha value is -3.11. The number of sulfonamides is 1. The molecular weight excluding hydrogens is 458 g/mol. The molecule has 0 unspecified atom stereocenters. The molecule has 1 aliphatic heterocycles. The fourth-order valence-corrected chi connectivity index (χ4v) is 5.82. The molecule has 1 amide bonds. The van der Waals surface area contributed by atoms with Gasteiger partial charge in [0.05, 0.1) is 23.8 Å². The van der Waals surface area contributed by atoms with Crippen LogP contribution in [0.1, 0.15) is 10.4 Å². The Morgan fingerprint density at radius 2 is 1.70 bits per heavy atom. The second-order valence-corrected chi connectivity index (χ2v) is 10.4. The van der Waals surface area contributed by atoms with E-state index in [4.69, 9.17) is 4.74 Å². The molecule has 0 atom stereocenters. The number of morpholine rings is 1. The summed E-state index contributed by atoms with van der Waals surface area (Å²) in [5, 5.41) is 7.46. The molecule has 1 fully saturated rings. The largest absolute Gasteiger partial charge is 0.379 e. The van der Waals surface area contributed by atoms with E-state index < -0.39 is 10.0 Å². The van der Waals surface area contributed by atoms with Gasteiger partial charge in [0.15, 0.2) is 5.13 Å². The van der Waals surface area contributed by atoms with Crippen LogP contribution in [0.5, 0.6) is 0 Å². The first-order valence-electron chi connectivity index (χ1n) is 10.4. The monoisotopic (exact) mass is 479 g/mol. The lowest BCUT2D eigenvalue weighted by atomic mass is 10.1. The molecule has 1 N–H and O–H groups in total. The number of hydrogen-bond acceptors (Lipinski definition) is 6. The molecule has 0 aliphatic carbocycles. The summed E-state index contributed by atoms with van der Waals surface area (Å²) >= 11 is 1.34. The van der Waals surface area contributed by atoms with E-state index in [-0.39, 0.29) is 10.8 Å². The third kappa shape index (κ3) is 4.53. The SMILES string of the molecule is O=C(Nc1nc(-c2ccc3ccccc3c2)cs1)c1ccc(S(=O)(=O)N2CCOCC2)cc1. The second-order valence-electron chi connectivity index (χ2n) is 7.59. The Labute approximate surface area is 195 Å². The molecule has 0 spiro atoms. The fraction of sp³-hybridized carbons (Fsp3) is 0.167. The van der Waals surface area contributed by atoms with Crippen molar-refractivity contribution < 1.29 is 17.9 Å². The predicted molar refractivity (Wildman–Crippen MR) is 129 cm³/mol. The van der Waals surface area contributed by atoms with Crippen molar-refractivity contribution in [2.24, 2.45) is 0 Å². The maximum absolute atomic E-state index is 12.7. The van der Waals surface area contributed by atoms with E-state index in [9.17, 15) is 13.2 Å². The van der Waals surface area contributed by atoms with Crippen LogP contribution in [0, 0.1) is 0 Å². The second kappa shape index (κ2) is 9.03. The molecule has 5 rings (SSSR count). The van der Waals surface area contributed by atoms with Crippen molar-refractivity contribution in [1.82, 2.24) is 9.29 Å². The first kappa shape index (κ1) is 21.7. The third-order valence-electron chi connectivity index (χ3n) is 5.49.